The van der Waals surface area contributed by atoms with Crippen LogP contribution in [0.5, 0.6) is 0 Å². The molecule has 0 amide bonds. The molecule has 146 valence electrons. The summed E-state index contributed by atoms with van der Waals surface area (Å²) in [5.74, 6) is 1.05. The third-order valence-corrected chi connectivity index (χ3v) is 3.66. The van der Waals surface area contributed by atoms with Crippen molar-refractivity contribution in [2.75, 3.05) is 10.6 Å². The van der Waals surface area contributed by atoms with Crippen LogP contribution in [0.3, 0.4) is 0 Å². The summed E-state index contributed by atoms with van der Waals surface area (Å²) in [5.41, 5.74) is -0.275. The maximum Gasteiger partial charge on any atom is 0.417 e. The van der Waals surface area contributed by atoms with Crippen molar-refractivity contribution in [3.8, 4) is 11.5 Å². The maximum atomic E-state index is 12.9. The van der Waals surface area contributed by atoms with Crippen LogP contribution >= 0.6 is 11.6 Å². The molecular weight excluding hydrogens is 393 g/mol. The zero-order valence-corrected chi connectivity index (χ0v) is 15.7. The van der Waals surface area contributed by atoms with Gasteiger partial charge in [-0.3, -0.25) is 4.98 Å². The molecule has 28 heavy (non-hydrogen) atoms. The van der Waals surface area contributed by atoms with Crippen molar-refractivity contribution in [1.82, 2.24) is 19.9 Å². The Hall–Kier alpha value is -2.94. The number of nitrogens with zero attached hydrogens (tertiary/aromatic N) is 4. The van der Waals surface area contributed by atoms with Crippen molar-refractivity contribution in [3.63, 3.8) is 0 Å². The number of halogens is 4. The number of hydrogen-bond acceptors (Lipinski definition) is 6. The molecule has 3 aromatic heterocycles. The Morgan fingerprint density at radius 2 is 1.75 bits per heavy atom. The van der Waals surface area contributed by atoms with Crippen molar-refractivity contribution < 1.29 is 13.2 Å². The van der Waals surface area contributed by atoms with Crippen molar-refractivity contribution in [1.29, 1.82) is 0 Å². The highest BCUT2D eigenvalue weighted by Crippen LogP contribution is 2.31. The topological polar surface area (TPSA) is 75.6 Å². The van der Waals surface area contributed by atoms with Gasteiger partial charge in [-0.15, -0.1) is 0 Å². The zero-order valence-electron chi connectivity index (χ0n) is 14.9. The van der Waals surface area contributed by atoms with Gasteiger partial charge in [-0.05, 0) is 32.0 Å². The molecule has 0 unspecified atom stereocenters. The second-order valence-electron chi connectivity index (χ2n) is 6.19. The third-order valence-electron chi connectivity index (χ3n) is 3.44. The van der Waals surface area contributed by atoms with E-state index in [-0.39, 0.29) is 28.5 Å². The first-order chi connectivity index (χ1) is 13.2. The van der Waals surface area contributed by atoms with Gasteiger partial charge in [0, 0.05) is 18.3 Å². The standard InChI is InChI=1S/C18H16ClF3N6/c1-10(2)24-15-7-16(25-12-6-11(8-23-9-12)18(20,21)22)28-17(27-15)13-4-3-5-14(19)26-13/h3-10H,1-2H3,(H2,24,25,27,28). The second-order valence-corrected chi connectivity index (χ2v) is 6.58. The Balaban J connectivity index is 1.99. The molecule has 3 heterocycles. The Bertz CT molecular complexity index is 978. The van der Waals surface area contributed by atoms with E-state index in [0.29, 0.717) is 11.5 Å². The first-order valence-electron chi connectivity index (χ1n) is 8.28. The molecule has 0 fully saturated rings. The SMILES string of the molecule is CC(C)Nc1cc(Nc2cncc(C(F)(F)F)c2)nc(-c2cccc(Cl)n2)n1. The minimum absolute atomic E-state index is 0.0816. The maximum absolute atomic E-state index is 12.9. The number of hydrogen-bond donors (Lipinski definition) is 2. The molecule has 0 aliphatic heterocycles. The van der Waals surface area contributed by atoms with Crippen LogP contribution < -0.4 is 10.6 Å². The highest BCUT2D eigenvalue weighted by atomic mass is 35.5. The Morgan fingerprint density at radius 1 is 1.00 bits per heavy atom. The molecule has 0 saturated carbocycles. The lowest BCUT2D eigenvalue weighted by atomic mass is 10.2. The lowest BCUT2D eigenvalue weighted by Gasteiger charge is -2.14. The lowest BCUT2D eigenvalue weighted by molar-refractivity contribution is -0.137. The molecule has 0 atom stereocenters. The summed E-state index contributed by atoms with van der Waals surface area (Å²) >= 11 is 5.94. The largest absolute Gasteiger partial charge is 0.417 e. The molecule has 0 aliphatic carbocycles. The number of pyridine rings is 2. The monoisotopic (exact) mass is 408 g/mol. The number of aromatic nitrogens is 4. The van der Waals surface area contributed by atoms with Crippen molar-refractivity contribution in [3.05, 3.63) is 53.4 Å². The summed E-state index contributed by atoms with van der Waals surface area (Å²) < 4.78 is 38.7. The molecule has 3 rings (SSSR count). The molecule has 3 aromatic rings. The first-order valence-corrected chi connectivity index (χ1v) is 8.66. The predicted molar refractivity (Wildman–Crippen MR) is 102 cm³/mol. The molecule has 0 spiro atoms. The molecule has 0 bridgehead atoms. The Labute approximate surface area is 164 Å². The van der Waals surface area contributed by atoms with Crippen LogP contribution in [-0.4, -0.2) is 26.0 Å². The van der Waals surface area contributed by atoms with Gasteiger partial charge in [0.15, 0.2) is 5.82 Å². The summed E-state index contributed by atoms with van der Waals surface area (Å²) in [6, 6.07) is 7.65. The van der Waals surface area contributed by atoms with Crippen LogP contribution in [0.25, 0.3) is 11.5 Å². The summed E-state index contributed by atoms with van der Waals surface area (Å²) in [4.78, 5) is 16.6. The minimum Gasteiger partial charge on any atom is -0.368 e. The van der Waals surface area contributed by atoms with Gasteiger partial charge < -0.3 is 10.6 Å². The molecule has 2 N–H and O–H groups in total. The van der Waals surface area contributed by atoms with Gasteiger partial charge in [0.1, 0.15) is 22.5 Å². The smallest absolute Gasteiger partial charge is 0.368 e. The van der Waals surface area contributed by atoms with E-state index in [1.54, 1.807) is 24.3 Å². The van der Waals surface area contributed by atoms with Crippen LogP contribution in [0.15, 0.2) is 42.7 Å². The fraction of sp³-hybridized carbons (Fsp3) is 0.222. The van der Waals surface area contributed by atoms with Crippen molar-refractivity contribution >= 4 is 28.9 Å². The second kappa shape index (κ2) is 7.97. The van der Waals surface area contributed by atoms with Gasteiger partial charge in [0.2, 0.25) is 0 Å². The van der Waals surface area contributed by atoms with E-state index in [4.69, 9.17) is 11.6 Å². The highest BCUT2D eigenvalue weighted by Gasteiger charge is 2.31. The average Bonchev–Trinajstić information content (AvgIpc) is 2.60. The molecular formula is C18H16ClF3N6. The fourth-order valence-corrected chi connectivity index (χ4v) is 2.50. The minimum atomic E-state index is -4.49. The van der Waals surface area contributed by atoms with E-state index in [0.717, 1.165) is 12.3 Å². The predicted octanol–water partition coefficient (Wildman–Crippen LogP) is 5.17. The quantitative estimate of drug-likeness (QED) is 0.567. The molecule has 0 aliphatic rings. The van der Waals surface area contributed by atoms with Gasteiger partial charge >= 0.3 is 6.18 Å². The van der Waals surface area contributed by atoms with Crippen LogP contribution in [0.4, 0.5) is 30.5 Å². The van der Waals surface area contributed by atoms with Gasteiger partial charge in [-0.2, -0.15) is 13.2 Å². The third kappa shape index (κ3) is 5.07. The zero-order chi connectivity index (χ0) is 20.3. The van der Waals surface area contributed by atoms with Crippen LogP contribution in [0.1, 0.15) is 19.4 Å². The summed E-state index contributed by atoms with van der Waals surface area (Å²) in [6.07, 6.45) is -2.45. The highest BCUT2D eigenvalue weighted by molar-refractivity contribution is 6.29. The van der Waals surface area contributed by atoms with E-state index in [2.05, 4.69) is 30.6 Å². The van der Waals surface area contributed by atoms with Crippen molar-refractivity contribution in [2.45, 2.75) is 26.1 Å². The molecule has 10 heteroatoms. The number of rotatable bonds is 5. The van der Waals surface area contributed by atoms with E-state index < -0.39 is 11.7 Å². The van der Waals surface area contributed by atoms with E-state index in [1.807, 2.05) is 13.8 Å². The molecule has 0 aromatic carbocycles. The normalized spacial score (nSPS) is 11.5. The lowest BCUT2D eigenvalue weighted by Crippen LogP contribution is -2.12. The van der Waals surface area contributed by atoms with Crippen LogP contribution in [0, 0.1) is 0 Å². The van der Waals surface area contributed by atoms with Gasteiger partial charge in [-0.1, -0.05) is 17.7 Å². The first kappa shape index (κ1) is 19.8. The number of alkyl halides is 3. The summed E-state index contributed by atoms with van der Waals surface area (Å²) in [6.45, 7) is 3.87. The average molecular weight is 409 g/mol. The summed E-state index contributed by atoms with van der Waals surface area (Å²) in [5, 5.41) is 6.26. The Kier molecular flexibility index (Phi) is 5.64. The number of nitrogens with one attached hydrogen (secondary N) is 2. The van der Waals surface area contributed by atoms with Crippen LogP contribution in [-0.2, 0) is 6.18 Å². The van der Waals surface area contributed by atoms with Gasteiger partial charge in [-0.25, -0.2) is 15.0 Å². The van der Waals surface area contributed by atoms with Gasteiger partial charge in [0.25, 0.3) is 0 Å². The van der Waals surface area contributed by atoms with E-state index >= 15 is 0 Å². The molecule has 6 nitrogen and oxygen atoms in total. The molecule has 0 radical (unpaired) electrons. The summed E-state index contributed by atoms with van der Waals surface area (Å²) in [7, 11) is 0. The fourth-order valence-electron chi connectivity index (χ4n) is 2.34. The number of anilines is 3. The Morgan fingerprint density at radius 3 is 2.43 bits per heavy atom. The van der Waals surface area contributed by atoms with E-state index in [9.17, 15) is 13.2 Å². The molecule has 0 saturated heterocycles. The van der Waals surface area contributed by atoms with Gasteiger partial charge in [0.05, 0.1) is 17.4 Å². The van der Waals surface area contributed by atoms with Crippen molar-refractivity contribution in [2.24, 2.45) is 0 Å². The van der Waals surface area contributed by atoms with E-state index in [1.165, 1.54) is 6.20 Å². The van der Waals surface area contributed by atoms with Crippen LogP contribution in [0.2, 0.25) is 5.15 Å².